The Balaban J connectivity index is 1.99. The molecule has 0 saturated heterocycles. The van der Waals surface area contributed by atoms with E-state index in [-0.39, 0.29) is 18.9 Å². The van der Waals surface area contributed by atoms with Gasteiger partial charge in [0.25, 0.3) is 5.91 Å². The van der Waals surface area contributed by atoms with Crippen LogP contribution in [0.2, 0.25) is 0 Å². The van der Waals surface area contributed by atoms with Gasteiger partial charge in [-0.25, -0.2) is 0 Å². The van der Waals surface area contributed by atoms with Crippen LogP contribution in [0.25, 0.3) is 10.1 Å². The maximum atomic E-state index is 13.3. The molecule has 0 bridgehead atoms. The molecule has 0 aliphatic carbocycles. The summed E-state index contributed by atoms with van der Waals surface area (Å²) in [5.74, 6) is -0.948. The van der Waals surface area contributed by atoms with Crippen LogP contribution in [0.5, 0.6) is 0 Å². The van der Waals surface area contributed by atoms with E-state index in [4.69, 9.17) is 5.11 Å². The molecule has 0 fully saturated rings. The van der Waals surface area contributed by atoms with Gasteiger partial charge in [0.2, 0.25) is 0 Å². The molecule has 3 rings (SSSR count). The zero-order valence-electron chi connectivity index (χ0n) is 16.3. The summed E-state index contributed by atoms with van der Waals surface area (Å²) < 4.78 is 1.09. The van der Waals surface area contributed by atoms with Crippen molar-refractivity contribution in [1.82, 2.24) is 4.90 Å². The Morgan fingerprint density at radius 1 is 1.04 bits per heavy atom. The minimum atomic E-state index is -0.884. The van der Waals surface area contributed by atoms with Crippen LogP contribution in [-0.4, -0.2) is 35.0 Å². The Morgan fingerprint density at radius 2 is 1.75 bits per heavy atom. The highest BCUT2D eigenvalue weighted by atomic mass is 32.1. The van der Waals surface area contributed by atoms with Gasteiger partial charge in [-0.05, 0) is 42.3 Å². The van der Waals surface area contributed by atoms with Crippen LogP contribution in [0.4, 0.5) is 0 Å². The number of thiophene rings is 1. The Morgan fingerprint density at radius 3 is 2.43 bits per heavy atom. The van der Waals surface area contributed by atoms with E-state index in [1.54, 1.807) is 4.90 Å². The van der Waals surface area contributed by atoms with Crippen molar-refractivity contribution in [3.05, 3.63) is 70.1 Å². The smallest absolute Gasteiger partial charge is 0.305 e. The third kappa shape index (κ3) is 4.60. The number of benzene rings is 2. The lowest BCUT2D eigenvalue weighted by Gasteiger charge is -2.21. The molecular formula is C23H25NO3S. The van der Waals surface area contributed by atoms with Crippen LogP contribution >= 0.6 is 11.3 Å². The lowest BCUT2D eigenvalue weighted by molar-refractivity contribution is -0.137. The zero-order chi connectivity index (χ0) is 20.1. The second-order valence-corrected chi connectivity index (χ2v) is 8.06. The predicted octanol–water partition coefficient (Wildman–Crippen LogP) is 5.13. The van der Waals surface area contributed by atoms with E-state index < -0.39 is 5.97 Å². The Bertz CT molecular complexity index is 975. The molecule has 4 nitrogen and oxygen atoms in total. The van der Waals surface area contributed by atoms with Crippen molar-refractivity contribution in [2.75, 3.05) is 13.1 Å². The molecule has 0 spiro atoms. The van der Waals surface area contributed by atoms with Gasteiger partial charge < -0.3 is 10.0 Å². The third-order valence-electron chi connectivity index (χ3n) is 4.77. The number of carboxylic acids is 1. The van der Waals surface area contributed by atoms with Crippen molar-refractivity contribution in [2.24, 2.45) is 0 Å². The molecule has 1 N–H and O–H groups in total. The molecule has 146 valence electrons. The van der Waals surface area contributed by atoms with Crippen LogP contribution in [0.15, 0.2) is 48.5 Å². The van der Waals surface area contributed by atoms with Crippen molar-refractivity contribution < 1.29 is 14.7 Å². The topological polar surface area (TPSA) is 57.6 Å². The molecule has 0 radical (unpaired) electrons. The number of rotatable bonds is 8. The van der Waals surface area contributed by atoms with Crippen LogP contribution in [0, 0.1) is 6.92 Å². The van der Waals surface area contributed by atoms with Crippen molar-refractivity contribution in [3.8, 4) is 0 Å². The number of aliphatic carboxylic acids is 1. The Kier molecular flexibility index (Phi) is 6.47. The minimum Gasteiger partial charge on any atom is -0.481 e. The van der Waals surface area contributed by atoms with Crippen LogP contribution in [-0.2, 0) is 11.2 Å². The van der Waals surface area contributed by atoms with E-state index in [0.717, 1.165) is 32.5 Å². The summed E-state index contributed by atoms with van der Waals surface area (Å²) in [5.41, 5.74) is 3.40. The highest BCUT2D eigenvalue weighted by Crippen LogP contribution is 2.34. The monoisotopic (exact) mass is 395 g/mol. The second kappa shape index (κ2) is 9.02. The number of fused-ring (bicyclic) bond motifs is 1. The second-order valence-electron chi connectivity index (χ2n) is 7.00. The molecule has 1 amide bonds. The highest BCUT2D eigenvalue weighted by Gasteiger charge is 2.23. The van der Waals surface area contributed by atoms with Crippen molar-refractivity contribution in [3.63, 3.8) is 0 Å². The fraction of sp³-hybridized carbons (Fsp3) is 0.304. The molecule has 1 heterocycles. The molecule has 1 aromatic heterocycles. The summed E-state index contributed by atoms with van der Waals surface area (Å²) in [6.07, 6.45) is 1.44. The number of carbonyl (C=O) groups excluding carboxylic acids is 1. The van der Waals surface area contributed by atoms with Gasteiger partial charge in [0.05, 0.1) is 11.3 Å². The van der Waals surface area contributed by atoms with Gasteiger partial charge >= 0.3 is 5.97 Å². The average molecular weight is 396 g/mol. The summed E-state index contributed by atoms with van der Waals surface area (Å²) in [5, 5.41) is 10.1. The fourth-order valence-electron chi connectivity index (χ4n) is 3.32. The number of carbonyl (C=O) groups is 2. The van der Waals surface area contributed by atoms with Crippen LogP contribution in [0.1, 0.15) is 46.1 Å². The first-order valence-electron chi connectivity index (χ1n) is 9.56. The summed E-state index contributed by atoms with van der Waals surface area (Å²) in [6, 6.07) is 16.5. The number of hydrogen-bond acceptors (Lipinski definition) is 3. The first-order valence-corrected chi connectivity index (χ1v) is 10.4. The van der Waals surface area contributed by atoms with Gasteiger partial charge in [0, 0.05) is 17.8 Å². The largest absolute Gasteiger partial charge is 0.481 e. The third-order valence-corrected chi connectivity index (χ3v) is 5.97. The molecular weight excluding hydrogens is 370 g/mol. The minimum absolute atomic E-state index is 0.0378. The van der Waals surface area contributed by atoms with E-state index in [1.165, 1.54) is 16.9 Å². The summed E-state index contributed by atoms with van der Waals surface area (Å²) >= 11 is 1.50. The SMILES string of the molecule is CCCN(CCC(=O)O)C(=O)c1sc2ccccc2c1Cc1ccc(C)cc1. The summed E-state index contributed by atoms with van der Waals surface area (Å²) in [4.78, 5) is 26.7. The summed E-state index contributed by atoms with van der Waals surface area (Å²) in [7, 11) is 0. The first kappa shape index (κ1) is 20.1. The molecule has 0 aliphatic rings. The summed E-state index contributed by atoms with van der Waals surface area (Å²) in [6.45, 7) is 4.85. The maximum absolute atomic E-state index is 13.3. The van der Waals surface area contributed by atoms with Gasteiger partial charge in [-0.2, -0.15) is 0 Å². The lowest BCUT2D eigenvalue weighted by Crippen LogP contribution is -2.33. The molecule has 0 saturated carbocycles. The molecule has 28 heavy (non-hydrogen) atoms. The number of nitrogens with zero attached hydrogens (tertiary/aromatic N) is 1. The Labute approximate surface area is 169 Å². The number of amides is 1. The standard InChI is InChI=1S/C23H25NO3S/c1-3-13-24(14-12-21(25)26)23(27)22-19(15-17-10-8-16(2)9-11-17)18-6-4-5-7-20(18)28-22/h4-11H,3,12-15H2,1-2H3,(H,25,26). The molecule has 0 unspecified atom stereocenters. The van der Waals surface area contributed by atoms with E-state index in [0.29, 0.717) is 13.0 Å². The van der Waals surface area contributed by atoms with E-state index >= 15 is 0 Å². The van der Waals surface area contributed by atoms with Gasteiger partial charge in [-0.1, -0.05) is 55.0 Å². The van der Waals surface area contributed by atoms with Crippen molar-refractivity contribution in [2.45, 2.75) is 33.1 Å². The molecule has 0 aliphatic heterocycles. The van der Waals surface area contributed by atoms with E-state index in [9.17, 15) is 9.59 Å². The van der Waals surface area contributed by atoms with Gasteiger partial charge in [-0.3, -0.25) is 9.59 Å². The zero-order valence-corrected chi connectivity index (χ0v) is 17.1. The fourth-order valence-corrected chi connectivity index (χ4v) is 4.51. The normalized spacial score (nSPS) is 10.9. The van der Waals surface area contributed by atoms with E-state index in [1.807, 2.05) is 25.1 Å². The molecule has 2 aromatic carbocycles. The highest BCUT2D eigenvalue weighted by molar-refractivity contribution is 7.21. The lowest BCUT2D eigenvalue weighted by atomic mass is 10.0. The maximum Gasteiger partial charge on any atom is 0.305 e. The van der Waals surface area contributed by atoms with Crippen LogP contribution < -0.4 is 0 Å². The average Bonchev–Trinajstić information content (AvgIpc) is 3.05. The predicted molar refractivity (Wildman–Crippen MR) is 114 cm³/mol. The number of carboxylic acid groups (broad SMARTS) is 1. The van der Waals surface area contributed by atoms with Crippen molar-refractivity contribution >= 4 is 33.3 Å². The molecule has 3 aromatic rings. The quantitative estimate of drug-likeness (QED) is 0.575. The molecule has 5 heteroatoms. The van der Waals surface area contributed by atoms with Gasteiger partial charge in [-0.15, -0.1) is 11.3 Å². The van der Waals surface area contributed by atoms with Gasteiger partial charge in [0.1, 0.15) is 0 Å². The van der Waals surface area contributed by atoms with Gasteiger partial charge in [0.15, 0.2) is 0 Å². The number of hydrogen-bond donors (Lipinski definition) is 1. The van der Waals surface area contributed by atoms with E-state index in [2.05, 4.69) is 37.3 Å². The molecule has 0 atom stereocenters. The number of aryl methyl sites for hydroxylation is 1. The van der Waals surface area contributed by atoms with Crippen molar-refractivity contribution in [1.29, 1.82) is 0 Å². The first-order chi connectivity index (χ1) is 13.5. The van der Waals surface area contributed by atoms with Crippen LogP contribution in [0.3, 0.4) is 0 Å². The Hall–Kier alpha value is -2.66.